The summed E-state index contributed by atoms with van der Waals surface area (Å²) >= 11 is 5.00. The summed E-state index contributed by atoms with van der Waals surface area (Å²) in [5.41, 5.74) is 11.8. The second-order valence-electron chi connectivity index (χ2n) is 4.42. The first kappa shape index (κ1) is 12.6. The number of nitrogens with zero attached hydrogens (tertiary/aromatic N) is 3. The Kier molecular flexibility index (Phi) is 3.10. The Labute approximate surface area is 121 Å². The third kappa shape index (κ3) is 1.91. The lowest BCUT2D eigenvalue weighted by molar-refractivity contribution is 0.752. The highest BCUT2D eigenvalue weighted by atomic mass is 32.1. The van der Waals surface area contributed by atoms with Crippen molar-refractivity contribution in [2.24, 2.45) is 0 Å². The fourth-order valence-electron chi connectivity index (χ4n) is 2.37. The van der Waals surface area contributed by atoms with Gasteiger partial charge in [0.2, 0.25) is 5.95 Å². The largest absolute Gasteiger partial charge is 0.367 e. The molecule has 0 saturated carbocycles. The minimum atomic E-state index is -0.134. The van der Waals surface area contributed by atoms with Crippen molar-refractivity contribution in [3.63, 3.8) is 0 Å². The van der Waals surface area contributed by atoms with Crippen LogP contribution in [0, 0.1) is 0 Å². The van der Waals surface area contributed by atoms with Crippen molar-refractivity contribution in [3.8, 4) is 0 Å². The quantitative estimate of drug-likeness (QED) is 0.821. The van der Waals surface area contributed by atoms with E-state index in [4.69, 9.17) is 18.0 Å². The normalized spacial score (nSPS) is 16.6. The molecule has 2 aromatic rings. The Hall–Kier alpha value is -2.43. The van der Waals surface area contributed by atoms with E-state index in [1.807, 2.05) is 30.4 Å². The average molecular weight is 283 g/mol. The topological polar surface area (TPSA) is 68.8 Å². The second-order valence-corrected chi connectivity index (χ2v) is 4.62. The van der Waals surface area contributed by atoms with Crippen LogP contribution in [-0.2, 0) is 0 Å². The van der Waals surface area contributed by atoms with Gasteiger partial charge in [-0.15, -0.1) is 9.89 Å². The Morgan fingerprint density at radius 3 is 2.85 bits per heavy atom. The molecule has 0 spiro atoms. The summed E-state index contributed by atoms with van der Waals surface area (Å²) < 4.78 is 0. The summed E-state index contributed by atoms with van der Waals surface area (Å²) in [7, 11) is 1.74. The fraction of sp³-hybridized carbons (Fsp3) is 0.143. The first-order valence-electron chi connectivity index (χ1n) is 6.16. The average Bonchev–Trinajstić information content (AvgIpc) is 2.86. The molecule has 0 saturated heterocycles. The molecular weight excluding hydrogens is 270 g/mol. The number of hydrogen-bond donors (Lipinski definition) is 2. The molecule has 1 aromatic heterocycles. The number of allylic oxidation sites excluding steroid dienone is 2. The molecule has 0 amide bonds. The predicted octanol–water partition coefficient (Wildman–Crippen LogP) is 1.72. The van der Waals surface area contributed by atoms with E-state index in [1.54, 1.807) is 7.05 Å². The molecule has 20 heavy (non-hydrogen) atoms. The van der Waals surface area contributed by atoms with Crippen LogP contribution in [0.5, 0.6) is 0 Å². The van der Waals surface area contributed by atoms with Crippen molar-refractivity contribution < 1.29 is 0 Å². The first-order valence-corrected chi connectivity index (χ1v) is 6.57. The van der Waals surface area contributed by atoms with Crippen LogP contribution in [0.15, 0.2) is 35.9 Å². The van der Waals surface area contributed by atoms with Crippen LogP contribution < -0.4 is 11.2 Å². The minimum Gasteiger partial charge on any atom is -0.367 e. The van der Waals surface area contributed by atoms with Gasteiger partial charge in [0.15, 0.2) is 5.82 Å². The van der Waals surface area contributed by atoms with Gasteiger partial charge in [0.25, 0.3) is 0 Å². The number of benzene rings is 1. The smallest absolute Gasteiger partial charge is 0.239 e. The van der Waals surface area contributed by atoms with Gasteiger partial charge < -0.3 is 11.2 Å². The van der Waals surface area contributed by atoms with E-state index < -0.39 is 0 Å². The highest BCUT2D eigenvalue weighted by molar-refractivity contribution is 7.78. The van der Waals surface area contributed by atoms with E-state index in [1.165, 1.54) is 4.79 Å². The molecule has 100 valence electrons. The van der Waals surface area contributed by atoms with E-state index in [0.29, 0.717) is 11.8 Å². The molecule has 1 aliphatic rings. The highest BCUT2D eigenvalue weighted by Crippen LogP contribution is 2.36. The first-order chi connectivity index (χ1) is 9.74. The van der Waals surface area contributed by atoms with E-state index >= 15 is 0 Å². The van der Waals surface area contributed by atoms with Crippen LogP contribution in [0.1, 0.15) is 22.9 Å². The van der Waals surface area contributed by atoms with E-state index in [2.05, 4.69) is 26.6 Å². The molecule has 1 aliphatic carbocycles. The highest BCUT2D eigenvalue weighted by Gasteiger charge is 2.27. The van der Waals surface area contributed by atoms with E-state index in [-0.39, 0.29) is 5.92 Å². The maximum atomic E-state index is 5.82. The monoisotopic (exact) mass is 283 g/mol. The molecular formula is C14H13N5S. The van der Waals surface area contributed by atoms with Crippen LogP contribution in [-0.4, -0.2) is 26.9 Å². The molecule has 6 heteroatoms. The van der Waals surface area contributed by atoms with Crippen molar-refractivity contribution in [2.45, 2.75) is 5.92 Å². The van der Waals surface area contributed by atoms with Gasteiger partial charge in [-0.05, 0) is 34.4 Å². The molecule has 1 unspecified atom stereocenters. The summed E-state index contributed by atoms with van der Waals surface area (Å²) in [4.78, 5) is 5.77. The lowest BCUT2D eigenvalue weighted by atomic mass is 9.83. The van der Waals surface area contributed by atoms with Crippen molar-refractivity contribution >= 4 is 29.3 Å². The molecule has 0 aliphatic heterocycles. The summed E-state index contributed by atoms with van der Waals surface area (Å²) in [5, 5.41) is 7.18. The summed E-state index contributed by atoms with van der Waals surface area (Å²) in [6.45, 7) is 0. The van der Waals surface area contributed by atoms with E-state index in [9.17, 15) is 0 Å². The van der Waals surface area contributed by atoms with Gasteiger partial charge in [-0.3, -0.25) is 0 Å². The maximum absolute atomic E-state index is 5.82. The molecule has 5 nitrogen and oxygen atoms in total. The van der Waals surface area contributed by atoms with Gasteiger partial charge in [-0.25, -0.2) is 0 Å². The van der Waals surface area contributed by atoms with Gasteiger partial charge in [0, 0.05) is 12.6 Å². The predicted molar refractivity (Wildman–Crippen MR) is 83.1 cm³/mol. The second kappa shape index (κ2) is 4.92. The minimum absolute atomic E-state index is 0.134. The standard InChI is InChI=1S/C14H13N5S/c1-16-19-14(15)17-13(18-19)12-10(8-20)7-6-9-4-2-3-5-11(9)12/h2-7,12,16H,1H3,(H2,15,17,18). The van der Waals surface area contributed by atoms with Gasteiger partial charge in [-0.2, -0.15) is 4.98 Å². The maximum Gasteiger partial charge on any atom is 0.239 e. The van der Waals surface area contributed by atoms with Crippen LogP contribution in [0.25, 0.3) is 6.08 Å². The van der Waals surface area contributed by atoms with Crippen molar-refractivity contribution in [1.82, 2.24) is 14.9 Å². The van der Waals surface area contributed by atoms with Gasteiger partial charge >= 0.3 is 0 Å². The van der Waals surface area contributed by atoms with Crippen molar-refractivity contribution in [1.29, 1.82) is 0 Å². The zero-order valence-corrected chi connectivity index (χ0v) is 11.7. The lowest BCUT2D eigenvalue weighted by Crippen LogP contribution is -2.15. The molecule has 3 N–H and O–H groups in total. The van der Waals surface area contributed by atoms with Crippen LogP contribution in [0.2, 0.25) is 0 Å². The summed E-state index contributed by atoms with van der Waals surface area (Å²) in [5.74, 6) is 0.796. The molecule has 1 aromatic carbocycles. The van der Waals surface area contributed by atoms with Crippen molar-refractivity contribution in [3.05, 3.63) is 52.9 Å². The zero-order valence-electron chi connectivity index (χ0n) is 10.9. The number of hydrogen-bond acceptors (Lipinski definition) is 5. The number of nitrogens with two attached hydrogens (primary N) is 1. The molecule has 0 bridgehead atoms. The van der Waals surface area contributed by atoms with Crippen LogP contribution >= 0.6 is 12.2 Å². The third-order valence-corrected chi connectivity index (χ3v) is 3.53. The number of thiocarbonyl (C=S) groups is 1. The molecule has 1 heterocycles. The summed E-state index contributed by atoms with van der Waals surface area (Å²) in [6.07, 6.45) is 3.98. The lowest BCUT2D eigenvalue weighted by Gasteiger charge is -2.20. The fourth-order valence-corrected chi connectivity index (χ4v) is 2.55. The molecule has 1 atom stereocenters. The van der Waals surface area contributed by atoms with Gasteiger partial charge in [-0.1, -0.05) is 30.3 Å². The van der Waals surface area contributed by atoms with Crippen LogP contribution in [0.3, 0.4) is 0 Å². The number of anilines is 1. The number of fused-ring (bicyclic) bond motifs is 1. The van der Waals surface area contributed by atoms with Crippen molar-refractivity contribution in [2.75, 3.05) is 18.2 Å². The molecule has 0 fully saturated rings. The number of nitrogens with one attached hydrogen (secondary N) is 1. The van der Waals surface area contributed by atoms with Gasteiger partial charge in [0.05, 0.1) is 5.92 Å². The SMILES string of the molecule is CNn1nc(C2C(=C=S)C=Cc3ccccc32)nc1N. The number of nitrogen functional groups attached to an aromatic ring is 1. The van der Waals surface area contributed by atoms with Gasteiger partial charge in [0.1, 0.15) is 0 Å². The number of aromatic nitrogens is 3. The Morgan fingerprint density at radius 2 is 2.15 bits per heavy atom. The summed E-state index contributed by atoms with van der Waals surface area (Å²) in [6, 6.07) is 8.09. The third-order valence-electron chi connectivity index (χ3n) is 3.30. The molecule has 0 radical (unpaired) electrons. The Morgan fingerprint density at radius 1 is 1.35 bits per heavy atom. The molecule has 3 rings (SSSR count). The Bertz CT molecular complexity index is 740. The zero-order chi connectivity index (χ0) is 14.1. The Balaban J connectivity index is 2.18. The van der Waals surface area contributed by atoms with Crippen LogP contribution in [0.4, 0.5) is 5.95 Å². The number of rotatable bonds is 2. The van der Waals surface area contributed by atoms with E-state index in [0.717, 1.165) is 16.7 Å².